The van der Waals surface area contributed by atoms with Gasteiger partial charge in [-0.3, -0.25) is 10.2 Å². The van der Waals surface area contributed by atoms with Crippen LogP contribution in [0.15, 0.2) is 16.8 Å². The SMILES string of the molecule is NNC(=O)c1nc(Cn2ccc([N+](=O)[O-])n2)no1. The molecular formula is C7H7N7O4. The largest absolute Gasteiger partial charge is 0.389 e. The number of aromatic nitrogens is 4. The lowest BCUT2D eigenvalue weighted by molar-refractivity contribution is -0.389. The van der Waals surface area contributed by atoms with E-state index < -0.39 is 10.8 Å². The first-order valence-electron chi connectivity index (χ1n) is 4.61. The van der Waals surface area contributed by atoms with Crippen LogP contribution >= 0.6 is 0 Å². The second-order valence-corrected chi connectivity index (χ2v) is 3.12. The number of hydrogen-bond donors (Lipinski definition) is 2. The summed E-state index contributed by atoms with van der Waals surface area (Å²) in [6.45, 7) is 0.0369. The van der Waals surface area contributed by atoms with E-state index in [2.05, 4.69) is 19.8 Å². The minimum absolute atomic E-state index is 0.0369. The van der Waals surface area contributed by atoms with Crippen LogP contribution in [0, 0.1) is 10.1 Å². The molecule has 0 aliphatic rings. The highest BCUT2D eigenvalue weighted by molar-refractivity contribution is 5.88. The van der Waals surface area contributed by atoms with Gasteiger partial charge in [-0.25, -0.2) is 5.84 Å². The molecule has 0 saturated carbocycles. The number of nitro groups is 1. The molecule has 18 heavy (non-hydrogen) atoms. The van der Waals surface area contributed by atoms with Crippen molar-refractivity contribution in [2.45, 2.75) is 6.54 Å². The lowest BCUT2D eigenvalue weighted by atomic mass is 10.5. The van der Waals surface area contributed by atoms with Crippen LogP contribution in [0.1, 0.15) is 16.5 Å². The van der Waals surface area contributed by atoms with Crippen molar-refractivity contribution in [3.8, 4) is 0 Å². The molecule has 0 aliphatic carbocycles. The summed E-state index contributed by atoms with van der Waals surface area (Å²) in [5, 5.41) is 17.6. The molecule has 0 radical (unpaired) electrons. The number of hydrazine groups is 1. The Kier molecular flexibility index (Phi) is 2.97. The molecule has 94 valence electrons. The number of amides is 1. The molecule has 11 heteroatoms. The first-order valence-corrected chi connectivity index (χ1v) is 4.61. The van der Waals surface area contributed by atoms with E-state index in [0.29, 0.717) is 0 Å². The maximum atomic E-state index is 11.0. The Labute approximate surface area is 98.7 Å². The van der Waals surface area contributed by atoms with Crippen LogP contribution in [0.5, 0.6) is 0 Å². The van der Waals surface area contributed by atoms with Crippen molar-refractivity contribution in [3.05, 3.63) is 34.1 Å². The summed E-state index contributed by atoms with van der Waals surface area (Å²) >= 11 is 0. The smallest absolute Gasteiger partial charge is 0.358 e. The molecule has 0 atom stereocenters. The van der Waals surface area contributed by atoms with E-state index in [-0.39, 0.29) is 24.1 Å². The fraction of sp³-hybridized carbons (Fsp3) is 0.143. The standard InChI is InChI=1S/C7H7N7O4/c8-10-6(15)7-9-4(12-18-7)3-13-2-1-5(11-13)14(16)17/h1-2H,3,8H2,(H,10,15). The Morgan fingerprint density at radius 1 is 1.67 bits per heavy atom. The highest BCUT2D eigenvalue weighted by atomic mass is 16.6. The van der Waals surface area contributed by atoms with E-state index in [4.69, 9.17) is 5.84 Å². The van der Waals surface area contributed by atoms with Crippen LogP contribution < -0.4 is 11.3 Å². The average Bonchev–Trinajstić information content (AvgIpc) is 2.98. The van der Waals surface area contributed by atoms with Gasteiger partial charge in [0.05, 0.1) is 17.4 Å². The molecule has 0 fully saturated rings. The molecule has 2 rings (SSSR count). The minimum Gasteiger partial charge on any atom is -0.358 e. The van der Waals surface area contributed by atoms with Crippen molar-refractivity contribution in [2.75, 3.05) is 0 Å². The fourth-order valence-electron chi connectivity index (χ4n) is 1.15. The van der Waals surface area contributed by atoms with Gasteiger partial charge < -0.3 is 14.6 Å². The van der Waals surface area contributed by atoms with Crippen LogP contribution in [0.25, 0.3) is 0 Å². The topological polar surface area (TPSA) is 155 Å². The van der Waals surface area contributed by atoms with Crippen LogP contribution in [0.2, 0.25) is 0 Å². The highest BCUT2D eigenvalue weighted by Crippen LogP contribution is 2.07. The van der Waals surface area contributed by atoms with Crippen molar-refractivity contribution >= 4 is 11.7 Å². The molecule has 2 heterocycles. The molecule has 1 amide bonds. The molecule has 0 bridgehead atoms. The van der Waals surface area contributed by atoms with Gasteiger partial charge >= 0.3 is 17.6 Å². The summed E-state index contributed by atoms with van der Waals surface area (Å²) in [5.41, 5.74) is 1.83. The third-order valence-electron chi connectivity index (χ3n) is 1.91. The Morgan fingerprint density at radius 3 is 3.06 bits per heavy atom. The first kappa shape index (κ1) is 11.7. The Morgan fingerprint density at radius 2 is 2.44 bits per heavy atom. The Balaban J connectivity index is 2.11. The van der Waals surface area contributed by atoms with Crippen LogP contribution in [-0.4, -0.2) is 30.8 Å². The number of nitrogens with zero attached hydrogens (tertiary/aromatic N) is 5. The molecule has 0 unspecified atom stereocenters. The molecule has 0 aliphatic heterocycles. The van der Waals surface area contributed by atoms with E-state index in [0.717, 1.165) is 0 Å². The molecule has 2 aromatic heterocycles. The number of nitrogens with one attached hydrogen (secondary N) is 1. The van der Waals surface area contributed by atoms with Crippen molar-refractivity contribution in [1.29, 1.82) is 0 Å². The Hall–Kier alpha value is -2.82. The molecule has 0 aromatic carbocycles. The number of nitrogens with two attached hydrogens (primary N) is 1. The van der Waals surface area contributed by atoms with Crippen molar-refractivity contribution < 1.29 is 14.2 Å². The molecule has 3 N–H and O–H groups in total. The number of hydrogen-bond acceptors (Lipinski definition) is 8. The molecule has 0 spiro atoms. The van der Waals surface area contributed by atoms with Crippen molar-refractivity contribution in [1.82, 2.24) is 25.3 Å². The summed E-state index contributed by atoms with van der Waals surface area (Å²) in [5.74, 6) is 3.72. The van der Waals surface area contributed by atoms with Gasteiger partial charge in [0.15, 0.2) is 5.82 Å². The van der Waals surface area contributed by atoms with Gasteiger partial charge in [0.2, 0.25) is 0 Å². The van der Waals surface area contributed by atoms with Gasteiger partial charge in [0, 0.05) is 0 Å². The van der Waals surface area contributed by atoms with Crippen LogP contribution in [-0.2, 0) is 6.54 Å². The van der Waals surface area contributed by atoms with Crippen LogP contribution in [0.4, 0.5) is 5.82 Å². The monoisotopic (exact) mass is 253 g/mol. The van der Waals surface area contributed by atoms with E-state index >= 15 is 0 Å². The van der Waals surface area contributed by atoms with Crippen molar-refractivity contribution in [3.63, 3.8) is 0 Å². The molecule has 0 saturated heterocycles. The number of carbonyl (C=O) groups excluding carboxylic acids is 1. The zero-order valence-electron chi connectivity index (χ0n) is 8.81. The normalized spacial score (nSPS) is 10.3. The van der Waals surface area contributed by atoms with Gasteiger partial charge in [-0.05, 0) is 4.92 Å². The molecule has 11 nitrogen and oxygen atoms in total. The first-order chi connectivity index (χ1) is 8.60. The van der Waals surface area contributed by atoms with Crippen molar-refractivity contribution in [2.24, 2.45) is 5.84 Å². The maximum Gasteiger partial charge on any atom is 0.389 e. The summed E-state index contributed by atoms with van der Waals surface area (Å²) < 4.78 is 5.86. The fourth-order valence-corrected chi connectivity index (χ4v) is 1.15. The third kappa shape index (κ3) is 2.30. The van der Waals surface area contributed by atoms with E-state index in [1.54, 1.807) is 0 Å². The zero-order chi connectivity index (χ0) is 13.1. The second-order valence-electron chi connectivity index (χ2n) is 3.12. The summed E-state index contributed by atoms with van der Waals surface area (Å²) in [6, 6.07) is 1.23. The summed E-state index contributed by atoms with van der Waals surface area (Å²) in [7, 11) is 0. The zero-order valence-corrected chi connectivity index (χ0v) is 8.81. The van der Waals surface area contributed by atoms with Gasteiger partial charge in [-0.1, -0.05) is 5.16 Å². The predicted octanol–water partition coefficient (Wildman–Crippen LogP) is -1.17. The molecule has 2 aromatic rings. The maximum absolute atomic E-state index is 11.0. The third-order valence-corrected chi connectivity index (χ3v) is 1.91. The number of nitrogen functional groups attached to an aromatic ring is 1. The lowest BCUT2D eigenvalue weighted by Crippen LogP contribution is -2.30. The number of rotatable bonds is 4. The Bertz CT molecular complexity index is 588. The van der Waals surface area contributed by atoms with Gasteiger partial charge in [-0.15, -0.1) is 0 Å². The van der Waals surface area contributed by atoms with Gasteiger partial charge in [0.25, 0.3) is 0 Å². The van der Waals surface area contributed by atoms with E-state index in [1.165, 1.54) is 16.9 Å². The number of carbonyl (C=O) groups is 1. The summed E-state index contributed by atoms with van der Waals surface area (Å²) in [4.78, 5) is 24.5. The molecular weight excluding hydrogens is 246 g/mol. The minimum atomic E-state index is -0.722. The lowest BCUT2D eigenvalue weighted by Gasteiger charge is -1.89. The van der Waals surface area contributed by atoms with Crippen LogP contribution in [0.3, 0.4) is 0 Å². The van der Waals surface area contributed by atoms with Gasteiger partial charge in [0.1, 0.15) is 6.54 Å². The van der Waals surface area contributed by atoms with E-state index in [1.807, 2.05) is 5.43 Å². The van der Waals surface area contributed by atoms with E-state index in [9.17, 15) is 14.9 Å². The quantitative estimate of drug-likeness (QED) is 0.298. The second kappa shape index (κ2) is 4.58. The summed E-state index contributed by atoms with van der Waals surface area (Å²) in [6.07, 6.45) is 1.39. The predicted molar refractivity (Wildman–Crippen MR) is 53.9 cm³/mol. The average molecular weight is 253 g/mol. The van der Waals surface area contributed by atoms with Gasteiger partial charge in [-0.2, -0.15) is 9.67 Å². The highest BCUT2D eigenvalue weighted by Gasteiger charge is 2.16.